The third-order valence-corrected chi connectivity index (χ3v) is 0.931. The van der Waals surface area contributed by atoms with Crippen LogP contribution in [0.4, 0.5) is 0 Å². The van der Waals surface area contributed by atoms with E-state index in [0.717, 1.165) is 12.8 Å². The molecule has 0 aromatic rings. The number of carboxylic acids is 1. The summed E-state index contributed by atoms with van der Waals surface area (Å²) in [5.41, 5.74) is 0.176. The lowest BCUT2D eigenvalue weighted by atomic mass is 10.3. The van der Waals surface area contributed by atoms with E-state index in [2.05, 4.69) is 6.58 Å². The fraction of sp³-hybridized carbons (Fsp3) is 0.625. The summed E-state index contributed by atoms with van der Waals surface area (Å²) in [4.78, 5) is 9.60. The van der Waals surface area contributed by atoms with Crippen molar-refractivity contribution in [3.8, 4) is 0 Å². The van der Waals surface area contributed by atoms with Gasteiger partial charge in [0.05, 0.1) is 0 Å². The van der Waals surface area contributed by atoms with Crippen molar-refractivity contribution in [3.63, 3.8) is 0 Å². The van der Waals surface area contributed by atoms with E-state index in [1.807, 2.05) is 0 Å². The Morgan fingerprint density at radius 3 is 1.58 bits per heavy atom. The lowest BCUT2D eigenvalue weighted by Gasteiger charge is -1.85. The second kappa shape index (κ2) is 10.1. The largest absolute Gasteiger partial charge is 0.478 e. The van der Waals surface area contributed by atoms with Crippen LogP contribution in [0.25, 0.3) is 0 Å². The fourth-order valence-electron chi connectivity index (χ4n) is 0.224. The monoisotopic (exact) mass is 176 g/mol. The lowest BCUT2D eigenvalue weighted by Crippen LogP contribution is -1.92. The molecular formula is C8H16O4. The highest BCUT2D eigenvalue weighted by Gasteiger charge is 1.90. The van der Waals surface area contributed by atoms with E-state index >= 15 is 0 Å². The Balaban J connectivity index is 0. The lowest BCUT2D eigenvalue weighted by molar-refractivity contribution is -0.132. The van der Waals surface area contributed by atoms with Gasteiger partial charge in [-0.2, -0.15) is 0 Å². The summed E-state index contributed by atoms with van der Waals surface area (Å²) in [5.74, 6) is -0.935. The third kappa shape index (κ3) is 16.1. The molecule has 0 fully saturated rings. The molecule has 72 valence electrons. The third-order valence-electron chi connectivity index (χ3n) is 0.931. The number of carbonyl (C=O) groups is 1. The molecule has 0 saturated carbocycles. The van der Waals surface area contributed by atoms with Crippen LogP contribution in [0.2, 0.25) is 0 Å². The highest BCUT2D eigenvalue weighted by molar-refractivity contribution is 5.84. The number of hydrogen-bond acceptors (Lipinski definition) is 3. The van der Waals surface area contributed by atoms with Gasteiger partial charge in [0.1, 0.15) is 0 Å². The van der Waals surface area contributed by atoms with Gasteiger partial charge in [-0.25, -0.2) is 4.79 Å². The number of carboxylic acid groups (broad SMARTS) is 1. The van der Waals surface area contributed by atoms with Crippen molar-refractivity contribution in [1.29, 1.82) is 0 Å². The Morgan fingerprint density at radius 1 is 1.25 bits per heavy atom. The quantitative estimate of drug-likeness (QED) is 0.428. The van der Waals surface area contributed by atoms with Crippen LogP contribution in [-0.4, -0.2) is 34.5 Å². The second-order valence-electron chi connectivity index (χ2n) is 2.24. The van der Waals surface area contributed by atoms with E-state index in [-0.39, 0.29) is 18.8 Å². The molecule has 0 heterocycles. The van der Waals surface area contributed by atoms with Gasteiger partial charge in [0.2, 0.25) is 0 Å². The minimum absolute atomic E-state index is 0.176. The first-order valence-corrected chi connectivity index (χ1v) is 3.66. The summed E-state index contributed by atoms with van der Waals surface area (Å²) >= 11 is 0. The topological polar surface area (TPSA) is 77.8 Å². The van der Waals surface area contributed by atoms with E-state index in [1.54, 1.807) is 0 Å². The molecule has 0 unspecified atom stereocenters. The molecule has 0 radical (unpaired) electrons. The fourth-order valence-corrected chi connectivity index (χ4v) is 0.224. The molecule has 12 heavy (non-hydrogen) atoms. The molecule has 0 spiro atoms. The van der Waals surface area contributed by atoms with Crippen LogP contribution < -0.4 is 0 Å². The van der Waals surface area contributed by atoms with Crippen molar-refractivity contribution in [2.45, 2.75) is 19.8 Å². The summed E-state index contributed by atoms with van der Waals surface area (Å²) in [6.45, 7) is 4.99. The molecule has 0 rings (SSSR count). The molecule has 4 nitrogen and oxygen atoms in total. The molecule has 0 aromatic heterocycles. The first kappa shape index (κ1) is 13.7. The zero-order chi connectivity index (χ0) is 9.98. The molecule has 0 aliphatic carbocycles. The van der Waals surface area contributed by atoms with Gasteiger partial charge in [0, 0.05) is 18.8 Å². The molecule has 0 saturated heterocycles. The Kier molecular flexibility index (Phi) is 11.6. The highest BCUT2D eigenvalue weighted by Crippen LogP contribution is 1.81. The number of rotatable bonds is 4. The Morgan fingerprint density at radius 2 is 1.50 bits per heavy atom. The van der Waals surface area contributed by atoms with Crippen LogP contribution >= 0.6 is 0 Å². The van der Waals surface area contributed by atoms with Crippen LogP contribution in [0.5, 0.6) is 0 Å². The van der Waals surface area contributed by atoms with Crippen molar-refractivity contribution < 1.29 is 20.1 Å². The molecule has 0 aliphatic rings. The normalized spacial score (nSPS) is 8.25. The van der Waals surface area contributed by atoms with Crippen LogP contribution in [0.1, 0.15) is 19.8 Å². The summed E-state index contributed by atoms with van der Waals surface area (Å²) in [6, 6.07) is 0. The first-order valence-electron chi connectivity index (χ1n) is 3.66. The summed E-state index contributed by atoms with van der Waals surface area (Å²) < 4.78 is 0. The number of aliphatic carboxylic acids is 1. The highest BCUT2D eigenvalue weighted by atomic mass is 16.4. The summed E-state index contributed by atoms with van der Waals surface area (Å²) in [5, 5.41) is 24.1. The van der Waals surface area contributed by atoms with Crippen molar-refractivity contribution in [2.75, 3.05) is 13.2 Å². The van der Waals surface area contributed by atoms with E-state index < -0.39 is 5.97 Å². The Bertz CT molecular complexity index is 115. The Labute approximate surface area is 72.2 Å². The molecular weight excluding hydrogens is 160 g/mol. The van der Waals surface area contributed by atoms with Crippen molar-refractivity contribution in [3.05, 3.63) is 12.2 Å². The molecule has 0 aromatic carbocycles. The average molecular weight is 176 g/mol. The van der Waals surface area contributed by atoms with E-state index in [4.69, 9.17) is 15.3 Å². The predicted octanol–water partition coefficient (Wildman–Crippen LogP) is 0.398. The van der Waals surface area contributed by atoms with Gasteiger partial charge in [-0.1, -0.05) is 6.58 Å². The van der Waals surface area contributed by atoms with Gasteiger partial charge >= 0.3 is 5.97 Å². The van der Waals surface area contributed by atoms with Crippen LogP contribution in [-0.2, 0) is 4.79 Å². The van der Waals surface area contributed by atoms with E-state index in [0.29, 0.717) is 0 Å². The minimum atomic E-state index is -0.935. The molecule has 0 bridgehead atoms. The maximum absolute atomic E-state index is 9.60. The van der Waals surface area contributed by atoms with Gasteiger partial charge < -0.3 is 15.3 Å². The minimum Gasteiger partial charge on any atom is -0.478 e. The van der Waals surface area contributed by atoms with Crippen molar-refractivity contribution >= 4 is 5.97 Å². The number of aliphatic hydroxyl groups is 2. The Hall–Kier alpha value is -0.870. The van der Waals surface area contributed by atoms with E-state index in [1.165, 1.54) is 6.92 Å². The second-order valence-corrected chi connectivity index (χ2v) is 2.24. The average Bonchev–Trinajstić information content (AvgIpc) is 2.02. The van der Waals surface area contributed by atoms with Crippen LogP contribution in [0.3, 0.4) is 0 Å². The van der Waals surface area contributed by atoms with Crippen LogP contribution in [0, 0.1) is 0 Å². The predicted molar refractivity (Wildman–Crippen MR) is 45.9 cm³/mol. The summed E-state index contributed by atoms with van der Waals surface area (Å²) in [6.07, 6.45) is 1.44. The van der Waals surface area contributed by atoms with Crippen molar-refractivity contribution in [1.82, 2.24) is 0 Å². The molecule has 3 N–H and O–H groups in total. The smallest absolute Gasteiger partial charge is 0.330 e. The number of aliphatic hydroxyl groups excluding tert-OH is 2. The van der Waals surface area contributed by atoms with Crippen LogP contribution in [0.15, 0.2) is 12.2 Å². The molecule has 0 atom stereocenters. The molecule has 4 heteroatoms. The number of hydrogen-bond donors (Lipinski definition) is 3. The zero-order valence-electron chi connectivity index (χ0n) is 7.29. The first-order chi connectivity index (χ1) is 5.56. The van der Waals surface area contributed by atoms with Gasteiger partial charge in [-0.15, -0.1) is 0 Å². The van der Waals surface area contributed by atoms with E-state index in [9.17, 15) is 4.79 Å². The standard InChI is InChI=1S/C4H6O2.C4H10O2/c1-3(2)4(5)6;5-3-1-2-4-6/h1H2,2H3,(H,5,6);5-6H,1-4H2. The van der Waals surface area contributed by atoms with Gasteiger partial charge in [-0.05, 0) is 19.8 Å². The maximum Gasteiger partial charge on any atom is 0.330 e. The van der Waals surface area contributed by atoms with Crippen molar-refractivity contribution in [2.24, 2.45) is 0 Å². The molecule has 0 amide bonds. The summed E-state index contributed by atoms with van der Waals surface area (Å²) in [7, 11) is 0. The maximum atomic E-state index is 9.60. The van der Waals surface area contributed by atoms with Gasteiger partial charge in [0.25, 0.3) is 0 Å². The van der Waals surface area contributed by atoms with Gasteiger partial charge in [0.15, 0.2) is 0 Å². The number of unbranched alkanes of at least 4 members (excludes halogenated alkanes) is 1. The SMILES string of the molecule is C=C(C)C(=O)O.OCCCCO. The molecule has 0 aliphatic heterocycles. The zero-order valence-corrected chi connectivity index (χ0v) is 7.29. The van der Waals surface area contributed by atoms with Gasteiger partial charge in [-0.3, -0.25) is 0 Å².